The normalized spacial score (nSPS) is 37.8. The molecule has 2 amide bonds. The number of aliphatic hydroxyl groups excluding tert-OH is 6. The summed E-state index contributed by atoms with van der Waals surface area (Å²) in [5.74, 6) is -8.71. The largest absolute Gasteiger partial charge is 0.394 e. The van der Waals surface area contributed by atoms with Crippen LogP contribution in [0, 0.1) is 0 Å². The molecule has 0 radical (unpaired) electrons. The number of hydrogen-bond donors (Lipinski definition) is 6. The second-order valence-electron chi connectivity index (χ2n) is 12.7. The summed E-state index contributed by atoms with van der Waals surface area (Å²) in [5, 5.41) is 66.5. The molecule has 1 aromatic rings. The number of ketones is 3. The van der Waals surface area contributed by atoms with Gasteiger partial charge >= 0.3 is 0 Å². The predicted octanol–water partition coefficient (Wildman–Crippen LogP) is -1.46. The highest BCUT2D eigenvalue weighted by atomic mass is 16.8. The first kappa shape index (κ1) is 34.8. The van der Waals surface area contributed by atoms with Crippen LogP contribution in [0.15, 0.2) is 71.9 Å². The molecular weight excluding hydrogens is 646 g/mol. The van der Waals surface area contributed by atoms with Crippen molar-refractivity contribution >= 4 is 29.2 Å². The molecule has 0 saturated carbocycles. The van der Waals surface area contributed by atoms with Gasteiger partial charge in [0.05, 0.1) is 23.8 Å². The van der Waals surface area contributed by atoms with Crippen molar-refractivity contribution in [2.45, 2.75) is 86.5 Å². The molecule has 15 nitrogen and oxygen atoms in total. The van der Waals surface area contributed by atoms with Crippen LogP contribution in [0.25, 0.3) is 0 Å². The first-order valence-electron chi connectivity index (χ1n) is 15.6. The molecule has 2 aliphatic carbocycles. The van der Waals surface area contributed by atoms with E-state index < -0.39 is 103 Å². The van der Waals surface area contributed by atoms with Crippen LogP contribution in [-0.4, -0.2) is 132 Å². The van der Waals surface area contributed by atoms with Crippen molar-refractivity contribution < 1.29 is 68.8 Å². The monoisotopic (exact) mass is 681 g/mol. The minimum absolute atomic E-state index is 0.0502. The maximum atomic E-state index is 13.9. The highest BCUT2D eigenvalue weighted by molar-refractivity contribution is 6.21. The van der Waals surface area contributed by atoms with Gasteiger partial charge in [-0.15, -0.1) is 0 Å². The maximum absolute atomic E-state index is 13.9. The fourth-order valence-electron chi connectivity index (χ4n) is 6.97. The number of nitrogens with zero attached hydrogens (tertiary/aromatic N) is 1. The fraction of sp³-hybridized carbons (Fsp3) is 0.441. The Morgan fingerprint density at radius 2 is 1.49 bits per heavy atom. The van der Waals surface area contributed by atoms with E-state index in [9.17, 15) is 54.6 Å². The van der Waals surface area contributed by atoms with Gasteiger partial charge in [-0.05, 0) is 48.9 Å². The van der Waals surface area contributed by atoms with Crippen molar-refractivity contribution in [2.75, 3.05) is 6.61 Å². The number of ether oxygens (including phenoxy) is 3. The van der Waals surface area contributed by atoms with E-state index in [0.717, 1.165) is 18.2 Å². The molecule has 0 bridgehead atoms. The lowest BCUT2D eigenvalue weighted by Gasteiger charge is -2.57. The van der Waals surface area contributed by atoms with Crippen molar-refractivity contribution in [2.24, 2.45) is 0 Å². The van der Waals surface area contributed by atoms with Crippen molar-refractivity contribution in [3.63, 3.8) is 0 Å². The van der Waals surface area contributed by atoms with Gasteiger partial charge in [0.25, 0.3) is 11.8 Å². The minimum atomic E-state index is -2.72. The zero-order valence-electron chi connectivity index (χ0n) is 26.1. The second-order valence-corrected chi connectivity index (χ2v) is 12.7. The predicted molar refractivity (Wildman–Crippen MR) is 163 cm³/mol. The summed E-state index contributed by atoms with van der Waals surface area (Å²) >= 11 is 0. The summed E-state index contributed by atoms with van der Waals surface area (Å²) in [6.07, 6.45) is -7.12. The summed E-state index contributed by atoms with van der Waals surface area (Å²) < 4.78 is 18.9. The van der Waals surface area contributed by atoms with Gasteiger partial charge in [-0.3, -0.25) is 28.9 Å². The molecule has 49 heavy (non-hydrogen) atoms. The van der Waals surface area contributed by atoms with Crippen LogP contribution in [0.4, 0.5) is 0 Å². The van der Waals surface area contributed by atoms with Crippen LogP contribution in [0.3, 0.4) is 0 Å². The molecule has 2 fully saturated rings. The van der Waals surface area contributed by atoms with Gasteiger partial charge in [-0.25, -0.2) is 0 Å². The number of rotatable bonds is 8. The Kier molecular flexibility index (Phi) is 9.25. The number of carbonyl (C=O) groups excluding carboxylic acids is 5. The van der Waals surface area contributed by atoms with E-state index in [2.05, 4.69) is 0 Å². The number of benzene rings is 1. The number of fused-ring (bicyclic) bond motifs is 1. The third-order valence-electron chi connectivity index (χ3n) is 9.44. The Morgan fingerprint density at radius 3 is 2.10 bits per heavy atom. The van der Waals surface area contributed by atoms with E-state index >= 15 is 0 Å². The lowest BCUT2D eigenvalue weighted by atomic mass is 9.82. The zero-order chi connectivity index (χ0) is 35.4. The van der Waals surface area contributed by atoms with Crippen LogP contribution < -0.4 is 0 Å². The number of allylic oxidation sites excluding steroid dienone is 6. The number of carbonyl (C=O) groups is 5. The zero-order valence-corrected chi connectivity index (χ0v) is 26.1. The van der Waals surface area contributed by atoms with Crippen molar-refractivity contribution in [1.29, 1.82) is 0 Å². The summed E-state index contributed by atoms with van der Waals surface area (Å²) in [6, 6.07) is 3.65. The summed E-state index contributed by atoms with van der Waals surface area (Å²) in [7, 11) is 0. The molecule has 3 heterocycles. The number of imide groups is 1. The first-order chi connectivity index (χ1) is 23.2. The Labute approximate surface area is 279 Å². The number of amides is 2. The maximum Gasteiger partial charge on any atom is 0.262 e. The third kappa shape index (κ3) is 5.96. The van der Waals surface area contributed by atoms with E-state index in [-0.39, 0.29) is 28.9 Å². The van der Waals surface area contributed by atoms with Crippen molar-refractivity contribution in [1.82, 2.24) is 4.90 Å². The molecule has 3 aliphatic heterocycles. The lowest BCUT2D eigenvalue weighted by Crippen LogP contribution is -2.75. The van der Waals surface area contributed by atoms with Gasteiger partial charge in [0.2, 0.25) is 5.79 Å². The Hall–Kier alpha value is -4.03. The lowest BCUT2D eigenvalue weighted by molar-refractivity contribution is -0.448. The summed E-state index contributed by atoms with van der Waals surface area (Å²) in [4.78, 5) is 66.1. The van der Waals surface area contributed by atoms with Crippen molar-refractivity contribution in [3.8, 4) is 0 Å². The topological polar surface area (TPSA) is 238 Å². The molecule has 2 saturated heterocycles. The average molecular weight is 682 g/mol. The average Bonchev–Trinajstić information content (AvgIpc) is 3.32. The van der Waals surface area contributed by atoms with Crippen LogP contribution in [0.2, 0.25) is 0 Å². The molecule has 15 heteroatoms. The fourth-order valence-corrected chi connectivity index (χ4v) is 6.97. The van der Waals surface area contributed by atoms with E-state index in [1.165, 1.54) is 49.4 Å². The molecule has 6 N–H and O–H groups in total. The van der Waals surface area contributed by atoms with Crippen molar-refractivity contribution in [3.05, 3.63) is 83.0 Å². The molecule has 5 aliphatic rings. The summed E-state index contributed by atoms with van der Waals surface area (Å²) in [5.41, 5.74) is -0.109. The smallest absolute Gasteiger partial charge is 0.262 e. The van der Waals surface area contributed by atoms with Gasteiger partial charge in [0.15, 0.2) is 23.1 Å². The van der Waals surface area contributed by atoms with E-state index in [4.69, 9.17) is 14.2 Å². The molecule has 0 spiro atoms. The SMILES string of the molecule is C[C@@H]1O[C@](CC2=CCC(=O)C=C2)(O[C@]2(CC3=CC(=O)C=CC3=O)O[C@H](CO)[C@@H](O)[C@H](O)[C@H]2N2C(=O)c3ccccc3C2=O)[C@H](O)[C@H](O)[C@H]1O. The molecule has 260 valence electrons. The van der Waals surface area contributed by atoms with E-state index in [0.29, 0.717) is 10.5 Å². The highest BCUT2D eigenvalue weighted by Crippen LogP contribution is 2.48. The summed E-state index contributed by atoms with van der Waals surface area (Å²) in [6.45, 7) is 0.391. The number of aliphatic hydroxyl groups is 6. The van der Waals surface area contributed by atoms with E-state index in [1.807, 2.05) is 0 Å². The molecule has 6 rings (SSSR count). The molecule has 0 unspecified atom stereocenters. The van der Waals surface area contributed by atoms with Gasteiger partial charge in [-0.1, -0.05) is 24.3 Å². The molecule has 1 aromatic carbocycles. The Balaban J connectivity index is 1.57. The van der Waals surface area contributed by atoms with Crippen LogP contribution in [-0.2, 0) is 28.6 Å². The molecule has 10 atom stereocenters. The first-order valence-corrected chi connectivity index (χ1v) is 15.6. The quantitative estimate of drug-likeness (QED) is 0.136. The molecule has 0 aromatic heterocycles. The van der Waals surface area contributed by atoms with Crippen LogP contribution in [0.1, 0.15) is 46.9 Å². The standard InChI is InChI=1S/C34H35NO14/c1-16-25(40)28(43)30(44)34(47-16,13-17-6-8-19(37)9-7-17)49-33(14-18-12-20(38)10-11-23(18)39)29(27(42)26(41)24(15-36)48-33)35-31(45)21-4-2-3-5-22(21)32(35)46/h2-8,10-12,16,24-30,36,40-44H,9,13-15H2,1H3/t16-,24+,25-,26+,27-,28+,29+,30+,33-,34+/m0/s1. The Bertz CT molecular complexity index is 1680. The van der Waals surface area contributed by atoms with Gasteiger partial charge in [0, 0.05) is 24.8 Å². The highest BCUT2D eigenvalue weighted by Gasteiger charge is 2.66. The van der Waals surface area contributed by atoms with Crippen LogP contribution >= 0.6 is 0 Å². The molecular formula is C34H35NO14. The van der Waals surface area contributed by atoms with Crippen LogP contribution in [0.5, 0.6) is 0 Å². The van der Waals surface area contributed by atoms with E-state index in [1.54, 1.807) is 0 Å². The third-order valence-corrected chi connectivity index (χ3v) is 9.44. The van der Waals surface area contributed by atoms with Gasteiger partial charge in [-0.2, -0.15) is 0 Å². The minimum Gasteiger partial charge on any atom is -0.394 e. The Morgan fingerprint density at radius 1 is 0.816 bits per heavy atom. The van der Waals surface area contributed by atoms with Gasteiger partial charge in [0.1, 0.15) is 42.7 Å². The number of hydrogen-bond acceptors (Lipinski definition) is 14. The second kappa shape index (κ2) is 13.0. The van der Waals surface area contributed by atoms with Gasteiger partial charge < -0.3 is 44.8 Å².